The van der Waals surface area contributed by atoms with E-state index >= 15 is 0 Å². The summed E-state index contributed by atoms with van der Waals surface area (Å²) in [4.78, 5) is 0. The van der Waals surface area contributed by atoms with E-state index in [-0.39, 0.29) is 6.10 Å². The minimum Gasteiger partial charge on any atom is -0.297 e. The first kappa shape index (κ1) is 11.2. The van der Waals surface area contributed by atoms with E-state index in [1.807, 2.05) is 0 Å². The lowest BCUT2D eigenvalue weighted by Crippen LogP contribution is -2.33. The maximum atomic E-state index is 11.3. The molecule has 0 saturated carbocycles. The molecule has 0 aromatic rings. The monoisotopic (exact) mass is 207 g/mol. The molecule has 3 atom stereocenters. The summed E-state index contributed by atoms with van der Waals surface area (Å²) in [6.07, 6.45) is 2.91. The second-order valence-corrected chi connectivity index (χ2v) is 4.99. The molecule has 1 aliphatic rings. The molecule has 0 amide bonds. The van der Waals surface area contributed by atoms with Gasteiger partial charge in [-0.05, 0) is 12.8 Å². The van der Waals surface area contributed by atoms with Crippen LogP contribution in [0, 0.1) is 5.92 Å². The standard InChI is InChI=1S/C8H18NO3P/c1-3-5-8-7(4-2)6-11-13(9,10)12-8/h7-8H,3-6H2,1-2H3,(H2,9,10)/t7-,8+,13+/m1/s1. The predicted octanol–water partition coefficient (Wildman–Crippen LogP) is 2.29. The predicted molar refractivity (Wildman–Crippen MR) is 51.3 cm³/mol. The minimum absolute atomic E-state index is 0.0135. The molecule has 1 heterocycles. The zero-order valence-electron chi connectivity index (χ0n) is 8.23. The van der Waals surface area contributed by atoms with E-state index in [9.17, 15) is 4.57 Å². The van der Waals surface area contributed by atoms with Crippen molar-refractivity contribution in [3.05, 3.63) is 0 Å². The van der Waals surface area contributed by atoms with E-state index < -0.39 is 7.75 Å². The molecule has 1 fully saturated rings. The number of rotatable bonds is 3. The van der Waals surface area contributed by atoms with Gasteiger partial charge in [0.2, 0.25) is 0 Å². The van der Waals surface area contributed by atoms with Crippen LogP contribution in [0.4, 0.5) is 0 Å². The Morgan fingerprint density at radius 2 is 2.23 bits per heavy atom. The molecule has 4 nitrogen and oxygen atoms in total. The molecule has 0 aromatic carbocycles. The molecule has 0 bridgehead atoms. The first-order chi connectivity index (χ1) is 6.09. The second kappa shape index (κ2) is 4.56. The average Bonchev–Trinajstić information content (AvgIpc) is 2.04. The van der Waals surface area contributed by atoms with Crippen molar-refractivity contribution in [1.29, 1.82) is 0 Å². The van der Waals surface area contributed by atoms with Crippen LogP contribution in [-0.4, -0.2) is 12.7 Å². The SMILES string of the molecule is CCC[C@@H]1O[P@@](N)(=O)OC[C@H]1CC. The Labute approximate surface area is 79.4 Å². The van der Waals surface area contributed by atoms with E-state index in [0.717, 1.165) is 19.3 Å². The summed E-state index contributed by atoms with van der Waals surface area (Å²) < 4.78 is 21.5. The molecule has 2 N–H and O–H groups in total. The van der Waals surface area contributed by atoms with Crippen LogP contribution in [0.15, 0.2) is 0 Å². The Morgan fingerprint density at radius 3 is 2.77 bits per heavy atom. The van der Waals surface area contributed by atoms with Crippen molar-refractivity contribution in [1.82, 2.24) is 0 Å². The summed E-state index contributed by atoms with van der Waals surface area (Å²) >= 11 is 0. The van der Waals surface area contributed by atoms with Crippen molar-refractivity contribution >= 4 is 7.75 Å². The van der Waals surface area contributed by atoms with Gasteiger partial charge in [0.1, 0.15) is 0 Å². The highest BCUT2D eigenvalue weighted by Crippen LogP contribution is 2.47. The molecule has 5 heteroatoms. The third-order valence-corrected chi connectivity index (χ3v) is 3.45. The van der Waals surface area contributed by atoms with Crippen LogP contribution >= 0.6 is 7.75 Å². The first-order valence-corrected chi connectivity index (χ1v) is 6.41. The molecular formula is C8H18NO3P. The lowest BCUT2D eigenvalue weighted by Gasteiger charge is -2.33. The average molecular weight is 207 g/mol. The fraction of sp³-hybridized carbons (Fsp3) is 1.00. The van der Waals surface area contributed by atoms with E-state index in [0.29, 0.717) is 12.5 Å². The topological polar surface area (TPSA) is 61.5 Å². The molecule has 0 aliphatic carbocycles. The molecule has 0 radical (unpaired) electrons. The Morgan fingerprint density at radius 1 is 1.54 bits per heavy atom. The summed E-state index contributed by atoms with van der Waals surface area (Å²) in [6.45, 7) is 4.62. The summed E-state index contributed by atoms with van der Waals surface area (Å²) in [5, 5.41) is 0. The van der Waals surface area contributed by atoms with Crippen LogP contribution in [0.2, 0.25) is 0 Å². The minimum atomic E-state index is -3.22. The van der Waals surface area contributed by atoms with Gasteiger partial charge in [-0.25, -0.2) is 10.1 Å². The van der Waals surface area contributed by atoms with Crippen LogP contribution in [0.3, 0.4) is 0 Å². The van der Waals surface area contributed by atoms with E-state index in [1.165, 1.54) is 0 Å². The maximum absolute atomic E-state index is 11.3. The third-order valence-electron chi connectivity index (χ3n) is 2.37. The van der Waals surface area contributed by atoms with Crippen molar-refractivity contribution < 1.29 is 13.6 Å². The lowest BCUT2D eigenvalue weighted by molar-refractivity contribution is 0.0199. The van der Waals surface area contributed by atoms with Gasteiger partial charge in [0.15, 0.2) is 0 Å². The van der Waals surface area contributed by atoms with Gasteiger partial charge in [-0.15, -0.1) is 0 Å². The van der Waals surface area contributed by atoms with Gasteiger partial charge >= 0.3 is 7.75 Å². The Kier molecular flexibility index (Phi) is 3.92. The number of nitrogens with two attached hydrogens (primary N) is 1. The lowest BCUT2D eigenvalue weighted by atomic mass is 9.97. The molecule has 78 valence electrons. The molecule has 13 heavy (non-hydrogen) atoms. The molecule has 1 aliphatic heterocycles. The van der Waals surface area contributed by atoms with Crippen LogP contribution in [0.5, 0.6) is 0 Å². The van der Waals surface area contributed by atoms with Gasteiger partial charge in [-0.3, -0.25) is 9.05 Å². The van der Waals surface area contributed by atoms with Crippen LogP contribution in [0.25, 0.3) is 0 Å². The zero-order chi connectivity index (χ0) is 9.90. The van der Waals surface area contributed by atoms with Gasteiger partial charge in [0.25, 0.3) is 0 Å². The molecule has 0 unspecified atom stereocenters. The second-order valence-electron chi connectivity index (χ2n) is 3.44. The van der Waals surface area contributed by atoms with Crippen molar-refractivity contribution in [2.75, 3.05) is 6.61 Å². The van der Waals surface area contributed by atoms with Gasteiger partial charge in [0, 0.05) is 5.92 Å². The summed E-state index contributed by atoms with van der Waals surface area (Å²) in [6, 6.07) is 0. The highest BCUT2D eigenvalue weighted by Gasteiger charge is 2.35. The maximum Gasteiger partial charge on any atom is 0.403 e. The van der Waals surface area contributed by atoms with Crippen LogP contribution in [0.1, 0.15) is 33.1 Å². The molecule has 1 rings (SSSR count). The van der Waals surface area contributed by atoms with E-state index in [1.54, 1.807) is 0 Å². The third kappa shape index (κ3) is 3.06. The Hall–Kier alpha value is 0.110. The van der Waals surface area contributed by atoms with Gasteiger partial charge in [-0.2, -0.15) is 0 Å². The zero-order valence-corrected chi connectivity index (χ0v) is 9.13. The van der Waals surface area contributed by atoms with Crippen LogP contribution < -0.4 is 5.50 Å². The highest BCUT2D eigenvalue weighted by molar-refractivity contribution is 7.51. The molecule has 1 saturated heterocycles. The Balaban J connectivity index is 2.57. The van der Waals surface area contributed by atoms with Crippen molar-refractivity contribution in [2.45, 2.75) is 39.2 Å². The fourth-order valence-electron chi connectivity index (χ4n) is 1.57. The van der Waals surface area contributed by atoms with Gasteiger partial charge in [-0.1, -0.05) is 20.3 Å². The van der Waals surface area contributed by atoms with Crippen LogP contribution in [-0.2, 0) is 13.6 Å². The normalized spacial score (nSPS) is 40.5. The van der Waals surface area contributed by atoms with E-state index in [4.69, 9.17) is 14.6 Å². The van der Waals surface area contributed by atoms with E-state index in [2.05, 4.69) is 13.8 Å². The highest BCUT2D eigenvalue weighted by atomic mass is 31.2. The Bertz CT molecular complexity index is 210. The smallest absolute Gasteiger partial charge is 0.297 e. The molecule has 0 spiro atoms. The van der Waals surface area contributed by atoms with Gasteiger partial charge < -0.3 is 0 Å². The van der Waals surface area contributed by atoms with Crippen molar-refractivity contribution in [2.24, 2.45) is 11.4 Å². The van der Waals surface area contributed by atoms with Gasteiger partial charge in [0.05, 0.1) is 12.7 Å². The largest absolute Gasteiger partial charge is 0.403 e. The first-order valence-electron chi connectivity index (χ1n) is 4.80. The number of hydrogen-bond acceptors (Lipinski definition) is 3. The summed E-state index contributed by atoms with van der Waals surface area (Å²) in [7, 11) is -3.22. The summed E-state index contributed by atoms with van der Waals surface area (Å²) in [5.74, 6) is 0.338. The van der Waals surface area contributed by atoms with Crippen molar-refractivity contribution in [3.8, 4) is 0 Å². The molecular weight excluding hydrogens is 189 g/mol. The summed E-state index contributed by atoms with van der Waals surface area (Å²) in [5.41, 5.74) is 5.33. The van der Waals surface area contributed by atoms with Crippen molar-refractivity contribution in [3.63, 3.8) is 0 Å². The molecule has 0 aromatic heterocycles. The fourth-order valence-corrected chi connectivity index (χ4v) is 2.68. The quantitative estimate of drug-likeness (QED) is 0.721. The number of hydrogen-bond donors (Lipinski definition) is 1.